The van der Waals surface area contributed by atoms with Crippen LogP contribution >= 0.6 is 24.0 Å². The van der Waals surface area contributed by atoms with Crippen LogP contribution in [-0.4, -0.2) is 44.1 Å². The molecule has 1 saturated heterocycles. The molecule has 28 heavy (non-hydrogen) atoms. The molecule has 0 saturated carbocycles. The minimum Gasteiger partial charge on any atom is -0.356 e. The van der Waals surface area contributed by atoms with E-state index in [1.807, 2.05) is 0 Å². The second kappa shape index (κ2) is 11.8. The molecule has 1 heterocycles. The molecule has 1 aromatic carbocycles. The lowest BCUT2D eigenvalue weighted by Gasteiger charge is -2.31. The molecule has 0 radical (unpaired) electrons. The lowest BCUT2D eigenvalue weighted by molar-refractivity contribution is -0.138. The topological polar surface area (TPSA) is 39.7 Å². The van der Waals surface area contributed by atoms with E-state index in [4.69, 9.17) is 0 Å². The largest absolute Gasteiger partial charge is 0.416 e. The number of nitrogens with zero attached hydrogens (tertiary/aromatic N) is 2. The highest BCUT2D eigenvalue weighted by molar-refractivity contribution is 14.0. The minimum atomic E-state index is -4.59. The van der Waals surface area contributed by atoms with Crippen LogP contribution < -0.4 is 10.6 Å². The maximum atomic E-state index is 13.2. The number of nitrogens with one attached hydrogen (secondary N) is 2. The molecule has 9 heteroatoms. The second-order valence-corrected chi connectivity index (χ2v) is 6.82. The summed E-state index contributed by atoms with van der Waals surface area (Å²) in [6.45, 7) is 6.14. The van der Waals surface area contributed by atoms with Gasteiger partial charge in [0.25, 0.3) is 0 Å². The van der Waals surface area contributed by atoms with Crippen molar-refractivity contribution in [3.63, 3.8) is 0 Å². The number of likely N-dealkylation sites (tertiary alicyclic amines) is 1. The predicted molar refractivity (Wildman–Crippen MR) is 114 cm³/mol. The van der Waals surface area contributed by atoms with Crippen molar-refractivity contribution in [3.8, 4) is 0 Å². The van der Waals surface area contributed by atoms with E-state index in [9.17, 15) is 17.6 Å². The van der Waals surface area contributed by atoms with Gasteiger partial charge in [-0.15, -0.1) is 24.0 Å². The normalized spacial score (nSPS) is 16.6. The lowest BCUT2D eigenvalue weighted by atomic mass is 9.93. The summed E-state index contributed by atoms with van der Waals surface area (Å²) in [7, 11) is 1.57. The molecule has 1 aromatic rings. The Bertz CT molecular complexity index is 629. The van der Waals surface area contributed by atoms with Crippen molar-refractivity contribution in [1.82, 2.24) is 15.5 Å². The first-order valence-corrected chi connectivity index (χ1v) is 9.36. The highest BCUT2D eigenvalue weighted by atomic mass is 127. The number of guanidine groups is 1. The summed E-state index contributed by atoms with van der Waals surface area (Å²) >= 11 is 0. The molecule has 0 aromatic heterocycles. The fraction of sp³-hybridized carbons (Fsp3) is 0.632. The Morgan fingerprint density at radius 1 is 1.21 bits per heavy atom. The van der Waals surface area contributed by atoms with Crippen molar-refractivity contribution >= 4 is 29.9 Å². The third kappa shape index (κ3) is 7.73. The van der Waals surface area contributed by atoms with E-state index in [-0.39, 0.29) is 36.1 Å². The number of alkyl halides is 3. The van der Waals surface area contributed by atoms with Gasteiger partial charge in [0.05, 0.1) is 5.56 Å². The Morgan fingerprint density at radius 3 is 2.46 bits per heavy atom. The zero-order valence-electron chi connectivity index (χ0n) is 16.3. The van der Waals surface area contributed by atoms with Crippen molar-refractivity contribution < 1.29 is 17.6 Å². The van der Waals surface area contributed by atoms with Gasteiger partial charge in [-0.1, -0.05) is 13.0 Å². The standard InChI is InChI=1S/C19H28F4N4.HI/c1-3-27-10-7-14(8-11-27)6-9-25-18(24-2)26-13-15-4-5-16(20)12-17(15)19(21,22)23;/h4-5,12,14H,3,6-11,13H2,1-2H3,(H2,24,25,26);1H. The summed E-state index contributed by atoms with van der Waals surface area (Å²) < 4.78 is 52.3. The maximum absolute atomic E-state index is 13.2. The predicted octanol–water partition coefficient (Wildman–Crippen LogP) is 4.25. The second-order valence-electron chi connectivity index (χ2n) is 6.82. The third-order valence-electron chi connectivity index (χ3n) is 5.05. The molecule has 0 aliphatic carbocycles. The first-order chi connectivity index (χ1) is 12.8. The van der Waals surface area contributed by atoms with Crippen LogP contribution in [0.2, 0.25) is 0 Å². The van der Waals surface area contributed by atoms with E-state index in [0.29, 0.717) is 24.5 Å². The molecule has 0 unspecified atom stereocenters. The monoisotopic (exact) mass is 516 g/mol. The number of rotatable bonds is 6. The average molecular weight is 516 g/mol. The molecular formula is C19H29F4IN4. The minimum absolute atomic E-state index is 0. The van der Waals surface area contributed by atoms with Gasteiger partial charge in [0.2, 0.25) is 0 Å². The van der Waals surface area contributed by atoms with Gasteiger partial charge in [-0.25, -0.2) is 4.39 Å². The summed E-state index contributed by atoms with van der Waals surface area (Å²) in [5, 5.41) is 6.03. The smallest absolute Gasteiger partial charge is 0.356 e. The van der Waals surface area contributed by atoms with Gasteiger partial charge >= 0.3 is 6.18 Å². The summed E-state index contributed by atoms with van der Waals surface area (Å²) in [5.41, 5.74) is -0.980. The number of aliphatic imine (C=N–C) groups is 1. The number of benzene rings is 1. The van der Waals surface area contributed by atoms with E-state index < -0.39 is 17.6 Å². The quantitative estimate of drug-likeness (QED) is 0.257. The Hall–Kier alpha value is -1.10. The summed E-state index contributed by atoms with van der Waals surface area (Å²) in [4.78, 5) is 6.49. The Labute approximate surface area is 181 Å². The average Bonchev–Trinajstić information content (AvgIpc) is 2.65. The fourth-order valence-electron chi connectivity index (χ4n) is 3.35. The molecule has 0 spiro atoms. The Kier molecular flexibility index (Phi) is 10.5. The molecule has 0 atom stereocenters. The van der Waals surface area contributed by atoms with Crippen LogP contribution in [0, 0.1) is 11.7 Å². The van der Waals surface area contributed by atoms with E-state index in [2.05, 4.69) is 27.4 Å². The zero-order valence-corrected chi connectivity index (χ0v) is 18.6. The number of hydrogen-bond donors (Lipinski definition) is 2. The van der Waals surface area contributed by atoms with Crippen LogP contribution in [0.25, 0.3) is 0 Å². The van der Waals surface area contributed by atoms with Crippen molar-refractivity contribution in [1.29, 1.82) is 0 Å². The van der Waals surface area contributed by atoms with Crippen molar-refractivity contribution in [3.05, 3.63) is 35.1 Å². The fourth-order valence-corrected chi connectivity index (χ4v) is 3.35. The molecule has 1 aliphatic rings. The SMILES string of the molecule is CCN1CCC(CCNC(=NC)NCc2ccc(F)cc2C(F)(F)F)CC1.I. The molecular weight excluding hydrogens is 487 g/mol. The van der Waals surface area contributed by atoms with Crippen molar-refractivity contribution in [2.24, 2.45) is 10.9 Å². The van der Waals surface area contributed by atoms with Gasteiger partial charge in [0.15, 0.2) is 5.96 Å². The van der Waals surface area contributed by atoms with E-state index in [1.165, 1.54) is 12.8 Å². The molecule has 160 valence electrons. The van der Waals surface area contributed by atoms with Gasteiger partial charge in [0, 0.05) is 20.1 Å². The van der Waals surface area contributed by atoms with Gasteiger partial charge in [0.1, 0.15) is 5.82 Å². The van der Waals surface area contributed by atoms with Crippen molar-refractivity contribution in [2.75, 3.05) is 33.2 Å². The van der Waals surface area contributed by atoms with Crippen molar-refractivity contribution in [2.45, 2.75) is 38.9 Å². The lowest BCUT2D eigenvalue weighted by Crippen LogP contribution is -2.39. The summed E-state index contributed by atoms with van der Waals surface area (Å²) in [5.74, 6) is 0.202. The van der Waals surface area contributed by atoms with Crippen LogP contribution in [0.15, 0.2) is 23.2 Å². The zero-order chi connectivity index (χ0) is 19.9. The van der Waals surface area contributed by atoms with Gasteiger partial charge in [-0.05, 0) is 62.5 Å². The van der Waals surface area contributed by atoms with E-state index in [1.54, 1.807) is 7.05 Å². The first-order valence-electron chi connectivity index (χ1n) is 9.36. The number of halogens is 5. The maximum Gasteiger partial charge on any atom is 0.416 e. The van der Waals surface area contributed by atoms with Crippen LogP contribution in [-0.2, 0) is 12.7 Å². The molecule has 0 amide bonds. The molecule has 0 bridgehead atoms. The highest BCUT2D eigenvalue weighted by Crippen LogP contribution is 2.32. The summed E-state index contributed by atoms with van der Waals surface area (Å²) in [6.07, 6.45) is -1.25. The molecule has 2 rings (SSSR count). The molecule has 4 nitrogen and oxygen atoms in total. The number of piperidine rings is 1. The Balaban J connectivity index is 0.00000392. The third-order valence-corrected chi connectivity index (χ3v) is 5.05. The van der Waals surface area contributed by atoms with E-state index >= 15 is 0 Å². The van der Waals surface area contributed by atoms with Gasteiger partial charge < -0.3 is 15.5 Å². The van der Waals surface area contributed by atoms with Crippen LogP contribution in [0.3, 0.4) is 0 Å². The van der Waals surface area contributed by atoms with E-state index in [0.717, 1.165) is 38.2 Å². The van der Waals surface area contributed by atoms with Crippen LogP contribution in [0.5, 0.6) is 0 Å². The van der Waals surface area contributed by atoms with Gasteiger partial charge in [-0.3, -0.25) is 4.99 Å². The number of hydrogen-bond acceptors (Lipinski definition) is 2. The molecule has 1 fully saturated rings. The highest BCUT2D eigenvalue weighted by Gasteiger charge is 2.33. The van der Waals surface area contributed by atoms with Crippen LogP contribution in [0.4, 0.5) is 17.6 Å². The van der Waals surface area contributed by atoms with Crippen LogP contribution in [0.1, 0.15) is 37.3 Å². The first kappa shape index (κ1) is 24.9. The van der Waals surface area contributed by atoms with Gasteiger partial charge in [-0.2, -0.15) is 13.2 Å². The summed E-state index contributed by atoms with van der Waals surface area (Å²) in [6, 6.07) is 2.71. The molecule has 2 N–H and O–H groups in total. The Morgan fingerprint density at radius 2 is 1.89 bits per heavy atom. The molecule has 1 aliphatic heterocycles.